The van der Waals surface area contributed by atoms with Crippen molar-refractivity contribution in [1.82, 2.24) is 0 Å². The second kappa shape index (κ2) is 4.14. The van der Waals surface area contributed by atoms with Gasteiger partial charge >= 0.3 is 0 Å². The van der Waals surface area contributed by atoms with Gasteiger partial charge in [0.05, 0.1) is 6.61 Å². The summed E-state index contributed by atoms with van der Waals surface area (Å²) in [5, 5.41) is 27.5. The topological polar surface area (TPSA) is 60.7 Å². The quantitative estimate of drug-likeness (QED) is 0.621. The number of hydrogen-bond acceptors (Lipinski definition) is 3. The summed E-state index contributed by atoms with van der Waals surface area (Å²) in [5.41, 5.74) is 1.32. The first kappa shape index (κ1) is 9.86. The van der Waals surface area contributed by atoms with Crippen LogP contribution in [-0.2, 0) is 13.0 Å². The van der Waals surface area contributed by atoms with Crippen molar-refractivity contribution in [2.24, 2.45) is 0 Å². The molecule has 0 radical (unpaired) electrons. The van der Waals surface area contributed by atoms with E-state index >= 15 is 0 Å². The number of rotatable bonds is 3. The molecule has 0 aliphatic heterocycles. The smallest absolute Gasteiger partial charge is 0.163 e. The first-order valence-electron chi connectivity index (χ1n) is 4.34. The second-order valence-electron chi connectivity index (χ2n) is 2.98. The average molecular weight is 182 g/mol. The fourth-order valence-electron chi connectivity index (χ4n) is 1.35. The van der Waals surface area contributed by atoms with Crippen molar-refractivity contribution >= 4 is 0 Å². The summed E-state index contributed by atoms with van der Waals surface area (Å²) in [7, 11) is 0. The maximum Gasteiger partial charge on any atom is 0.163 e. The Morgan fingerprint density at radius 1 is 1.23 bits per heavy atom. The molecular weight excluding hydrogens is 168 g/mol. The fourth-order valence-corrected chi connectivity index (χ4v) is 1.35. The van der Waals surface area contributed by atoms with Crippen LogP contribution in [-0.4, -0.2) is 15.3 Å². The third-order valence-corrected chi connectivity index (χ3v) is 2.04. The van der Waals surface area contributed by atoms with Crippen molar-refractivity contribution in [1.29, 1.82) is 0 Å². The number of hydrogen-bond donors (Lipinski definition) is 3. The maximum absolute atomic E-state index is 9.40. The van der Waals surface area contributed by atoms with Crippen LogP contribution in [0.25, 0.3) is 0 Å². The van der Waals surface area contributed by atoms with Crippen LogP contribution in [0.15, 0.2) is 12.1 Å². The number of aryl methyl sites for hydroxylation is 1. The summed E-state index contributed by atoms with van der Waals surface area (Å²) in [6.45, 7) is 1.78. The van der Waals surface area contributed by atoms with Crippen molar-refractivity contribution in [3.05, 3.63) is 23.3 Å². The van der Waals surface area contributed by atoms with Gasteiger partial charge in [-0.15, -0.1) is 0 Å². The molecule has 0 unspecified atom stereocenters. The Morgan fingerprint density at radius 2 is 1.92 bits per heavy atom. The van der Waals surface area contributed by atoms with Gasteiger partial charge in [0.1, 0.15) is 0 Å². The average Bonchev–Trinajstić information content (AvgIpc) is 2.12. The minimum atomic E-state index is -0.241. The third-order valence-electron chi connectivity index (χ3n) is 2.04. The van der Waals surface area contributed by atoms with E-state index in [9.17, 15) is 5.11 Å². The fraction of sp³-hybridized carbons (Fsp3) is 0.400. The Morgan fingerprint density at radius 3 is 2.46 bits per heavy atom. The summed E-state index contributed by atoms with van der Waals surface area (Å²) < 4.78 is 0. The monoisotopic (exact) mass is 182 g/mol. The molecule has 72 valence electrons. The van der Waals surface area contributed by atoms with E-state index in [1.165, 1.54) is 6.07 Å². The van der Waals surface area contributed by atoms with Crippen molar-refractivity contribution < 1.29 is 15.3 Å². The van der Waals surface area contributed by atoms with E-state index in [0.29, 0.717) is 5.56 Å². The number of aromatic hydroxyl groups is 2. The van der Waals surface area contributed by atoms with Crippen molar-refractivity contribution in [3.63, 3.8) is 0 Å². The molecule has 0 spiro atoms. The van der Waals surface area contributed by atoms with Gasteiger partial charge in [-0.25, -0.2) is 0 Å². The molecule has 0 atom stereocenters. The van der Waals surface area contributed by atoms with Crippen LogP contribution >= 0.6 is 0 Å². The molecule has 0 bridgehead atoms. The molecule has 1 aromatic carbocycles. The number of benzene rings is 1. The van der Waals surface area contributed by atoms with E-state index < -0.39 is 0 Å². The Bertz CT molecular complexity index is 294. The van der Waals surface area contributed by atoms with Crippen LogP contribution in [0.4, 0.5) is 0 Å². The van der Waals surface area contributed by atoms with Gasteiger partial charge in [0.15, 0.2) is 11.5 Å². The van der Waals surface area contributed by atoms with Gasteiger partial charge in [-0.2, -0.15) is 0 Å². The van der Waals surface area contributed by atoms with E-state index in [4.69, 9.17) is 10.2 Å². The van der Waals surface area contributed by atoms with E-state index in [-0.39, 0.29) is 18.1 Å². The molecule has 0 saturated carbocycles. The SMILES string of the molecule is CCCc1ccc(O)c(O)c1CO. The maximum atomic E-state index is 9.40. The molecule has 0 aromatic heterocycles. The van der Waals surface area contributed by atoms with Crippen molar-refractivity contribution in [2.75, 3.05) is 0 Å². The predicted molar refractivity (Wildman–Crippen MR) is 49.7 cm³/mol. The zero-order chi connectivity index (χ0) is 9.84. The van der Waals surface area contributed by atoms with Crippen molar-refractivity contribution in [2.45, 2.75) is 26.4 Å². The molecule has 3 nitrogen and oxygen atoms in total. The zero-order valence-electron chi connectivity index (χ0n) is 7.62. The van der Waals surface area contributed by atoms with E-state index in [1.807, 2.05) is 6.92 Å². The highest BCUT2D eigenvalue weighted by atomic mass is 16.3. The molecule has 1 aromatic rings. The van der Waals surface area contributed by atoms with Gasteiger partial charge in [-0.05, 0) is 18.1 Å². The minimum absolute atomic E-state index is 0.177. The highest BCUT2D eigenvalue weighted by Crippen LogP contribution is 2.31. The molecule has 0 saturated heterocycles. The highest BCUT2D eigenvalue weighted by molar-refractivity contribution is 5.48. The lowest BCUT2D eigenvalue weighted by Gasteiger charge is -2.09. The Balaban J connectivity index is 3.13. The number of phenols is 2. The highest BCUT2D eigenvalue weighted by Gasteiger charge is 2.09. The molecule has 0 aliphatic carbocycles. The largest absolute Gasteiger partial charge is 0.504 e. The van der Waals surface area contributed by atoms with Crippen molar-refractivity contribution in [3.8, 4) is 11.5 Å². The summed E-state index contributed by atoms with van der Waals surface area (Å²) in [4.78, 5) is 0. The van der Waals surface area contributed by atoms with Crippen LogP contribution < -0.4 is 0 Å². The van der Waals surface area contributed by atoms with E-state index in [0.717, 1.165) is 18.4 Å². The Kier molecular flexibility index (Phi) is 3.14. The predicted octanol–water partition coefficient (Wildman–Crippen LogP) is 1.54. The molecule has 13 heavy (non-hydrogen) atoms. The van der Waals surface area contributed by atoms with Crippen LogP contribution in [0.1, 0.15) is 24.5 Å². The van der Waals surface area contributed by atoms with E-state index in [2.05, 4.69) is 0 Å². The molecule has 0 amide bonds. The van der Waals surface area contributed by atoms with Crippen LogP contribution in [0.3, 0.4) is 0 Å². The lowest BCUT2D eigenvalue weighted by molar-refractivity contribution is 0.271. The molecule has 3 heteroatoms. The molecule has 3 N–H and O–H groups in total. The van der Waals surface area contributed by atoms with Crippen LogP contribution in [0.2, 0.25) is 0 Å². The lowest BCUT2D eigenvalue weighted by atomic mass is 10.0. The minimum Gasteiger partial charge on any atom is -0.504 e. The van der Waals surface area contributed by atoms with Gasteiger partial charge in [-0.3, -0.25) is 0 Å². The molecule has 0 heterocycles. The zero-order valence-corrected chi connectivity index (χ0v) is 7.62. The first-order chi connectivity index (χ1) is 6.20. The van der Waals surface area contributed by atoms with Crippen LogP contribution in [0, 0.1) is 0 Å². The molecule has 1 rings (SSSR count). The Hall–Kier alpha value is -1.22. The van der Waals surface area contributed by atoms with Gasteiger partial charge in [0.25, 0.3) is 0 Å². The normalized spacial score (nSPS) is 10.3. The summed E-state index contributed by atoms with van der Waals surface area (Å²) in [5.74, 6) is -0.377. The number of aliphatic hydroxyl groups excluding tert-OH is 1. The van der Waals surface area contributed by atoms with E-state index in [1.54, 1.807) is 6.07 Å². The van der Waals surface area contributed by atoms with Crippen LogP contribution in [0.5, 0.6) is 11.5 Å². The molecular formula is C10H14O3. The second-order valence-corrected chi connectivity index (χ2v) is 2.98. The van der Waals surface area contributed by atoms with Gasteiger partial charge in [0.2, 0.25) is 0 Å². The first-order valence-corrected chi connectivity index (χ1v) is 4.34. The van der Waals surface area contributed by atoms with Gasteiger partial charge in [-0.1, -0.05) is 19.4 Å². The van der Waals surface area contributed by atoms with Gasteiger partial charge < -0.3 is 15.3 Å². The number of aliphatic hydroxyl groups is 1. The standard InChI is InChI=1S/C10H14O3/c1-2-3-7-4-5-9(12)10(13)8(7)6-11/h4-5,11-13H,2-3,6H2,1H3. The number of phenolic OH excluding ortho intramolecular Hbond substituents is 1. The van der Waals surface area contributed by atoms with Gasteiger partial charge in [0, 0.05) is 5.56 Å². The lowest BCUT2D eigenvalue weighted by Crippen LogP contribution is -1.94. The summed E-state index contributed by atoms with van der Waals surface area (Å²) >= 11 is 0. The molecule has 0 fully saturated rings. The summed E-state index contributed by atoms with van der Waals surface area (Å²) in [6.07, 6.45) is 1.74. The summed E-state index contributed by atoms with van der Waals surface area (Å²) in [6, 6.07) is 3.17. The third kappa shape index (κ3) is 1.92. The molecule has 0 aliphatic rings. The Labute approximate surface area is 77.3 Å².